The molecule has 1 aliphatic rings. The third-order valence-electron chi connectivity index (χ3n) is 4.05. The molecule has 104 valence electrons. The van der Waals surface area contributed by atoms with Gasteiger partial charge in [-0.05, 0) is 72.4 Å². The maximum Gasteiger partial charge on any atom is 0.253 e. The highest BCUT2D eigenvalue weighted by Crippen LogP contribution is 2.28. The summed E-state index contributed by atoms with van der Waals surface area (Å²) in [6.07, 6.45) is 4.56. The molecule has 2 rings (SSSR count). The van der Waals surface area contributed by atoms with E-state index in [0.717, 1.165) is 22.3 Å². The van der Waals surface area contributed by atoms with E-state index in [-0.39, 0.29) is 11.7 Å². The first-order valence-corrected chi connectivity index (χ1v) is 7.82. The first-order chi connectivity index (χ1) is 8.99. The minimum Gasteiger partial charge on any atom is -0.507 e. The fraction of sp³-hybridized carbons (Fsp3) is 0.533. The van der Waals surface area contributed by atoms with Gasteiger partial charge in [-0.15, -0.1) is 0 Å². The van der Waals surface area contributed by atoms with Gasteiger partial charge in [0, 0.05) is 18.7 Å². The molecular weight excluding hydrogens is 353 g/mol. The van der Waals surface area contributed by atoms with Crippen molar-refractivity contribution in [2.45, 2.75) is 38.6 Å². The number of aromatic hydroxyl groups is 1. The quantitative estimate of drug-likeness (QED) is 0.805. The van der Waals surface area contributed by atoms with Crippen molar-refractivity contribution in [3.8, 4) is 5.75 Å². The monoisotopic (exact) mass is 373 g/mol. The largest absolute Gasteiger partial charge is 0.507 e. The lowest BCUT2D eigenvalue weighted by molar-refractivity contribution is 0.0679. The Hall–Kier alpha value is -0.780. The van der Waals surface area contributed by atoms with Crippen LogP contribution in [0.1, 0.15) is 43.0 Å². The second kappa shape index (κ2) is 6.11. The number of carbonyl (C=O) groups is 1. The zero-order valence-electron chi connectivity index (χ0n) is 11.4. The van der Waals surface area contributed by atoms with E-state index in [1.165, 1.54) is 12.8 Å². The minimum atomic E-state index is 0.00579. The van der Waals surface area contributed by atoms with Crippen molar-refractivity contribution in [3.05, 3.63) is 27.3 Å². The third-order valence-corrected chi connectivity index (χ3v) is 4.96. The Balaban J connectivity index is 2.08. The molecule has 1 saturated carbocycles. The van der Waals surface area contributed by atoms with Gasteiger partial charge in [0.05, 0.1) is 3.57 Å². The molecule has 3 nitrogen and oxygen atoms in total. The maximum atomic E-state index is 12.4. The fourth-order valence-electron chi connectivity index (χ4n) is 2.64. The van der Waals surface area contributed by atoms with Crippen LogP contribution >= 0.6 is 22.6 Å². The number of phenols is 1. The number of benzene rings is 1. The summed E-state index contributed by atoms with van der Waals surface area (Å²) < 4.78 is 0.767. The van der Waals surface area contributed by atoms with Crippen molar-refractivity contribution in [1.29, 1.82) is 0 Å². The van der Waals surface area contributed by atoms with Crippen LogP contribution in [0.3, 0.4) is 0 Å². The summed E-state index contributed by atoms with van der Waals surface area (Å²) in [5.41, 5.74) is 0.569. The van der Waals surface area contributed by atoms with Crippen LogP contribution in [0.25, 0.3) is 0 Å². The van der Waals surface area contributed by atoms with Crippen LogP contribution in [0, 0.1) is 9.49 Å². The summed E-state index contributed by atoms with van der Waals surface area (Å²) in [5.74, 6) is 0.963. The Morgan fingerprint density at radius 1 is 1.32 bits per heavy atom. The Morgan fingerprint density at radius 2 is 1.95 bits per heavy atom. The third kappa shape index (κ3) is 3.41. The molecule has 1 fully saturated rings. The van der Waals surface area contributed by atoms with E-state index in [9.17, 15) is 9.90 Å². The van der Waals surface area contributed by atoms with Crippen LogP contribution in [0.5, 0.6) is 5.75 Å². The van der Waals surface area contributed by atoms with Gasteiger partial charge >= 0.3 is 0 Å². The Kier molecular flexibility index (Phi) is 4.71. The molecule has 0 aromatic heterocycles. The SMILES string of the molecule is CC1CCC(N(C)C(=O)c2ccc(I)c(O)c2)CC1. The van der Waals surface area contributed by atoms with Gasteiger partial charge in [0.1, 0.15) is 5.75 Å². The van der Waals surface area contributed by atoms with E-state index in [1.54, 1.807) is 18.2 Å². The molecule has 0 radical (unpaired) electrons. The molecule has 0 spiro atoms. The van der Waals surface area contributed by atoms with E-state index in [2.05, 4.69) is 29.5 Å². The average Bonchev–Trinajstić information content (AvgIpc) is 2.41. The summed E-state index contributed by atoms with van der Waals surface area (Å²) in [4.78, 5) is 14.2. The van der Waals surface area contributed by atoms with Gasteiger partial charge in [-0.3, -0.25) is 4.79 Å². The van der Waals surface area contributed by atoms with Crippen molar-refractivity contribution in [1.82, 2.24) is 4.90 Å². The molecule has 0 unspecified atom stereocenters. The molecule has 0 saturated heterocycles. The number of hydrogen-bond acceptors (Lipinski definition) is 2. The van der Waals surface area contributed by atoms with Crippen molar-refractivity contribution >= 4 is 28.5 Å². The predicted octanol–water partition coefficient (Wildman–Crippen LogP) is 3.65. The number of nitrogens with zero attached hydrogens (tertiary/aromatic N) is 1. The van der Waals surface area contributed by atoms with Crippen molar-refractivity contribution in [2.75, 3.05) is 7.05 Å². The van der Waals surface area contributed by atoms with Gasteiger partial charge in [-0.1, -0.05) is 6.92 Å². The Bertz CT molecular complexity index is 467. The van der Waals surface area contributed by atoms with Gasteiger partial charge in [0.2, 0.25) is 0 Å². The zero-order valence-corrected chi connectivity index (χ0v) is 13.6. The van der Waals surface area contributed by atoms with E-state index >= 15 is 0 Å². The lowest BCUT2D eigenvalue weighted by Gasteiger charge is -2.33. The number of phenolic OH excluding ortho intramolecular Hbond substituents is 1. The molecule has 0 atom stereocenters. The summed E-state index contributed by atoms with van der Waals surface area (Å²) in [6.45, 7) is 2.27. The maximum absolute atomic E-state index is 12.4. The lowest BCUT2D eigenvalue weighted by atomic mass is 9.86. The Labute approximate surface area is 128 Å². The molecular formula is C15H20INO2. The van der Waals surface area contributed by atoms with E-state index in [1.807, 2.05) is 11.9 Å². The number of rotatable bonds is 2. The van der Waals surface area contributed by atoms with Crippen LogP contribution in [0.2, 0.25) is 0 Å². The van der Waals surface area contributed by atoms with Crippen molar-refractivity contribution in [2.24, 2.45) is 5.92 Å². The molecule has 1 amide bonds. The highest BCUT2D eigenvalue weighted by atomic mass is 127. The number of halogens is 1. The van der Waals surface area contributed by atoms with Crippen LogP contribution in [-0.4, -0.2) is 29.0 Å². The summed E-state index contributed by atoms with van der Waals surface area (Å²) in [5, 5.41) is 9.70. The van der Waals surface area contributed by atoms with E-state index in [4.69, 9.17) is 0 Å². The van der Waals surface area contributed by atoms with Gasteiger partial charge < -0.3 is 10.0 Å². The fourth-order valence-corrected chi connectivity index (χ4v) is 2.98. The zero-order chi connectivity index (χ0) is 14.0. The first kappa shape index (κ1) is 14.6. The number of hydrogen-bond donors (Lipinski definition) is 1. The minimum absolute atomic E-state index is 0.00579. The number of amides is 1. The summed E-state index contributed by atoms with van der Waals surface area (Å²) in [6, 6.07) is 5.46. The van der Waals surface area contributed by atoms with Crippen LogP contribution in [0.15, 0.2) is 18.2 Å². The van der Waals surface area contributed by atoms with Crippen LogP contribution in [-0.2, 0) is 0 Å². The lowest BCUT2D eigenvalue weighted by Crippen LogP contribution is -2.39. The average molecular weight is 373 g/mol. The van der Waals surface area contributed by atoms with E-state index < -0.39 is 0 Å². The highest BCUT2D eigenvalue weighted by molar-refractivity contribution is 14.1. The molecule has 1 aliphatic carbocycles. The summed E-state index contributed by atoms with van der Waals surface area (Å²) >= 11 is 2.05. The molecule has 1 aromatic rings. The summed E-state index contributed by atoms with van der Waals surface area (Å²) in [7, 11) is 1.87. The molecule has 1 aromatic carbocycles. The predicted molar refractivity (Wildman–Crippen MR) is 84.3 cm³/mol. The molecule has 4 heteroatoms. The van der Waals surface area contributed by atoms with Crippen LogP contribution < -0.4 is 0 Å². The topological polar surface area (TPSA) is 40.5 Å². The first-order valence-electron chi connectivity index (χ1n) is 6.74. The highest BCUT2D eigenvalue weighted by Gasteiger charge is 2.25. The normalized spacial score (nSPS) is 23.1. The molecule has 0 heterocycles. The molecule has 19 heavy (non-hydrogen) atoms. The van der Waals surface area contributed by atoms with Crippen molar-refractivity contribution in [3.63, 3.8) is 0 Å². The van der Waals surface area contributed by atoms with Gasteiger partial charge in [-0.2, -0.15) is 0 Å². The molecule has 0 aliphatic heterocycles. The van der Waals surface area contributed by atoms with Gasteiger partial charge in [-0.25, -0.2) is 0 Å². The Morgan fingerprint density at radius 3 is 2.53 bits per heavy atom. The standard InChI is InChI=1S/C15H20INO2/c1-10-3-6-12(7-4-10)17(2)15(19)11-5-8-13(16)14(18)9-11/h5,8-10,12,18H,3-4,6-7H2,1-2H3. The van der Waals surface area contributed by atoms with Crippen LogP contribution in [0.4, 0.5) is 0 Å². The smallest absolute Gasteiger partial charge is 0.253 e. The second-order valence-electron chi connectivity index (χ2n) is 5.50. The second-order valence-corrected chi connectivity index (χ2v) is 6.66. The van der Waals surface area contributed by atoms with E-state index in [0.29, 0.717) is 11.6 Å². The molecule has 0 bridgehead atoms. The van der Waals surface area contributed by atoms with Gasteiger partial charge in [0.15, 0.2) is 0 Å². The number of carbonyl (C=O) groups excluding carboxylic acids is 1. The van der Waals surface area contributed by atoms with Gasteiger partial charge in [0.25, 0.3) is 5.91 Å². The molecule has 1 N–H and O–H groups in total. The van der Waals surface area contributed by atoms with Crippen molar-refractivity contribution < 1.29 is 9.90 Å².